The molecule has 0 radical (unpaired) electrons. The summed E-state index contributed by atoms with van der Waals surface area (Å²) in [5.74, 6) is 0. The van der Waals surface area contributed by atoms with Crippen LogP contribution in [0.1, 0.15) is 31.4 Å². The molecular weight excluding hydrogens is 206 g/mol. The molecule has 4 heteroatoms. The minimum Gasteiger partial charge on any atom is -0.348 e. The second-order valence-electron chi connectivity index (χ2n) is 4.62. The van der Waals surface area contributed by atoms with Crippen LogP contribution >= 0.6 is 11.3 Å². The van der Waals surface area contributed by atoms with Crippen LogP contribution in [0.3, 0.4) is 0 Å². The third kappa shape index (κ3) is 2.32. The molecule has 0 aliphatic heterocycles. The fourth-order valence-electron chi connectivity index (χ4n) is 1.69. The van der Waals surface area contributed by atoms with Crippen LogP contribution in [0.25, 0.3) is 0 Å². The molecule has 2 aliphatic carbocycles. The van der Waals surface area contributed by atoms with E-state index in [9.17, 15) is 0 Å². The van der Waals surface area contributed by atoms with E-state index in [1.54, 1.807) is 11.3 Å². The third-order valence-corrected chi connectivity index (χ3v) is 4.07. The lowest BCUT2D eigenvalue weighted by Crippen LogP contribution is -2.19. The van der Waals surface area contributed by atoms with Crippen molar-refractivity contribution in [1.82, 2.24) is 10.3 Å². The largest absolute Gasteiger partial charge is 0.348 e. The summed E-state index contributed by atoms with van der Waals surface area (Å²) in [5.41, 5.74) is 1.20. The van der Waals surface area contributed by atoms with Crippen LogP contribution in [0.5, 0.6) is 0 Å². The summed E-state index contributed by atoms with van der Waals surface area (Å²) in [7, 11) is 2.16. The molecule has 0 spiro atoms. The van der Waals surface area contributed by atoms with E-state index in [0.717, 1.165) is 18.6 Å². The topological polar surface area (TPSA) is 28.2 Å². The van der Waals surface area contributed by atoms with Gasteiger partial charge in [-0.3, -0.25) is 0 Å². The zero-order valence-corrected chi connectivity index (χ0v) is 9.89. The zero-order valence-electron chi connectivity index (χ0n) is 9.07. The summed E-state index contributed by atoms with van der Waals surface area (Å²) in [6.45, 7) is 0.944. The fourth-order valence-corrected chi connectivity index (χ4v) is 2.56. The first-order chi connectivity index (χ1) is 7.33. The zero-order chi connectivity index (χ0) is 10.3. The van der Waals surface area contributed by atoms with Gasteiger partial charge in [0.15, 0.2) is 5.13 Å². The monoisotopic (exact) mass is 223 g/mol. The normalized spacial score (nSPS) is 20.6. The van der Waals surface area contributed by atoms with Gasteiger partial charge in [0.2, 0.25) is 0 Å². The minimum atomic E-state index is 0.764. The van der Waals surface area contributed by atoms with Gasteiger partial charge in [0.05, 0.1) is 5.69 Å². The van der Waals surface area contributed by atoms with E-state index in [1.165, 1.54) is 36.5 Å². The fraction of sp³-hybridized carbons (Fsp3) is 0.727. The van der Waals surface area contributed by atoms with Gasteiger partial charge in [0.1, 0.15) is 0 Å². The van der Waals surface area contributed by atoms with Crippen LogP contribution in [0, 0.1) is 0 Å². The molecule has 0 bridgehead atoms. The molecule has 2 fully saturated rings. The first-order valence-electron chi connectivity index (χ1n) is 5.73. The SMILES string of the molecule is CN(c1nc(CNC2CC2)cs1)C1CC1. The molecule has 0 atom stereocenters. The van der Waals surface area contributed by atoms with Gasteiger partial charge in [-0.1, -0.05) is 0 Å². The maximum Gasteiger partial charge on any atom is 0.185 e. The number of nitrogens with zero attached hydrogens (tertiary/aromatic N) is 2. The van der Waals surface area contributed by atoms with E-state index in [0.29, 0.717) is 0 Å². The van der Waals surface area contributed by atoms with Gasteiger partial charge in [0.25, 0.3) is 0 Å². The van der Waals surface area contributed by atoms with Crippen molar-refractivity contribution >= 4 is 16.5 Å². The van der Waals surface area contributed by atoms with Crippen molar-refractivity contribution in [3.05, 3.63) is 11.1 Å². The third-order valence-electron chi connectivity index (χ3n) is 3.09. The maximum absolute atomic E-state index is 4.65. The Morgan fingerprint density at radius 2 is 2.27 bits per heavy atom. The van der Waals surface area contributed by atoms with E-state index >= 15 is 0 Å². The summed E-state index contributed by atoms with van der Waals surface area (Å²) >= 11 is 1.77. The average Bonchev–Trinajstić information content (AvgIpc) is 3.13. The van der Waals surface area contributed by atoms with E-state index in [-0.39, 0.29) is 0 Å². The average molecular weight is 223 g/mol. The molecule has 15 heavy (non-hydrogen) atoms. The van der Waals surface area contributed by atoms with Crippen molar-refractivity contribution in [2.45, 2.75) is 44.3 Å². The number of nitrogens with one attached hydrogen (secondary N) is 1. The molecule has 0 aromatic carbocycles. The number of anilines is 1. The molecule has 3 rings (SSSR count). The lowest BCUT2D eigenvalue weighted by molar-refractivity contribution is 0.676. The van der Waals surface area contributed by atoms with Crippen LogP contribution in [0.15, 0.2) is 5.38 Å². The predicted octanol–water partition coefficient (Wildman–Crippen LogP) is 1.99. The number of rotatable bonds is 5. The molecule has 1 heterocycles. The molecule has 0 saturated heterocycles. The van der Waals surface area contributed by atoms with Gasteiger partial charge in [-0.05, 0) is 25.7 Å². The molecule has 82 valence electrons. The van der Waals surface area contributed by atoms with Gasteiger partial charge < -0.3 is 10.2 Å². The lowest BCUT2D eigenvalue weighted by atomic mass is 10.5. The van der Waals surface area contributed by atoms with Gasteiger partial charge in [-0.25, -0.2) is 4.98 Å². The Morgan fingerprint density at radius 3 is 2.93 bits per heavy atom. The molecule has 1 aromatic rings. The molecule has 2 saturated carbocycles. The van der Waals surface area contributed by atoms with Gasteiger partial charge in [0, 0.05) is 31.1 Å². The van der Waals surface area contributed by atoms with Crippen LogP contribution in [0.2, 0.25) is 0 Å². The number of hydrogen-bond donors (Lipinski definition) is 1. The smallest absolute Gasteiger partial charge is 0.185 e. The van der Waals surface area contributed by atoms with Crippen molar-refractivity contribution in [2.24, 2.45) is 0 Å². The molecule has 0 amide bonds. The first-order valence-corrected chi connectivity index (χ1v) is 6.61. The quantitative estimate of drug-likeness (QED) is 0.827. The summed E-state index contributed by atoms with van der Waals surface area (Å²) in [4.78, 5) is 6.98. The van der Waals surface area contributed by atoms with E-state index in [4.69, 9.17) is 0 Å². The number of hydrogen-bond acceptors (Lipinski definition) is 4. The van der Waals surface area contributed by atoms with E-state index in [2.05, 4.69) is 27.6 Å². The molecular formula is C11H17N3S. The standard InChI is InChI=1S/C11H17N3S/c1-14(10-4-5-10)11-13-9(7-15-11)6-12-8-2-3-8/h7-8,10,12H,2-6H2,1H3. The number of aromatic nitrogens is 1. The highest BCUT2D eigenvalue weighted by Crippen LogP contribution is 2.32. The summed E-state index contributed by atoms with van der Waals surface area (Å²) in [5, 5.41) is 6.87. The van der Waals surface area contributed by atoms with Crippen molar-refractivity contribution in [3.63, 3.8) is 0 Å². The van der Waals surface area contributed by atoms with Crippen molar-refractivity contribution in [1.29, 1.82) is 0 Å². The lowest BCUT2D eigenvalue weighted by Gasteiger charge is -2.13. The first kappa shape index (κ1) is 9.60. The van der Waals surface area contributed by atoms with Crippen LogP contribution < -0.4 is 10.2 Å². The van der Waals surface area contributed by atoms with Gasteiger partial charge in [-0.2, -0.15) is 0 Å². The maximum atomic E-state index is 4.65. The van der Waals surface area contributed by atoms with Gasteiger partial charge >= 0.3 is 0 Å². The summed E-state index contributed by atoms with van der Waals surface area (Å²) in [6, 6.07) is 1.54. The van der Waals surface area contributed by atoms with Crippen molar-refractivity contribution in [2.75, 3.05) is 11.9 Å². The number of thiazole rings is 1. The predicted molar refractivity (Wildman–Crippen MR) is 63.4 cm³/mol. The van der Waals surface area contributed by atoms with Crippen molar-refractivity contribution < 1.29 is 0 Å². The molecule has 0 unspecified atom stereocenters. The highest BCUT2D eigenvalue weighted by molar-refractivity contribution is 7.13. The van der Waals surface area contributed by atoms with Crippen LogP contribution in [0.4, 0.5) is 5.13 Å². The van der Waals surface area contributed by atoms with Crippen molar-refractivity contribution in [3.8, 4) is 0 Å². The van der Waals surface area contributed by atoms with E-state index < -0.39 is 0 Å². The minimum absolute atomic E-state index is 0.764. The van der Waals surface area contributed by atoms with E-state index in [1.807, 2.05) is 0 Å². The molecule has 3 nitrogen and oxygen atoms in total. The Bertz CT molecular complexity index is 341. The second kappa shape index (κ2) is 3.76. The van der Waals surface area contributed by atoms with Gasteiger partial charge in [-0.15, -0.1) is 11.3 Å². The summed E-state index contributed by atoms with van der Waals surface area (Å²) < 4.78 is 0. The Morgan fingerprint density at radius 1 is 1.47 bits per heavy atom. The van der Waals surface area contributed by atoms with Crippen LogP contribution in [-0.4, -0.2) is 24.1 Å². The molecule has 1 N–H and O–H groups in total. The Hall–Kier alpha value is -0.610. The Labute approximate surface area is 94.5 Å². The second-order valence-corrected chi connectivity index (χ2v) is 5.46. The Kier molecular flexibility index (Phi) is 2.41. The van der Waals surface area contributed by atoms with Crippen LogP contribution in [-0.2, 0) is 6.54 Å². The highest BCUT2D eigenvalue weighted by atomic mass is 32.1. The summed E-state index contributed by atoms with van der Waals surface area (Å²) in [6.07, 6.45) is 5.37. The Balaban J connectivity index is 1.58. The molecule has 2 aliphatic rings. The molecule has 1 aromatic heterocycles. The highest BCUT2D eigenvalue weighted by Gasteiger charge is 2.28.